The van der Waals surface area contributed by atoms with E-state index in [-0.39, 0.29) is 24.7 Å². The average molecular weight is 1130 g/mol. The molecule has 0 bridgehead atoms. The van der Waals surface area contributed by atoms with E-state index >= 15 is 0 Å². The third kappa shape index (κ3) is 9.94. The molecule has 3 unspecified atom stereocenters. The Morgan fingerprint density at radius 1 is 0.658 bits per heavy atom. The average Bonchev–Trinajstić information content (AvgIpc) is 3.25. The molecule has 450 valence electrons. The number of esters is 2. The summed E-state index contributed by atoms with van der Waals surface area (Å²) < 4.78 is 48.2. The number of fused-ring (bicyclic) bond motifs is 7. The summed E-state index contributed by atoms with van der Waals surface area (Å²) in [7, 11) is 0. The van der Waals surface area contributed by atoms with Crippen molar-refractivity contribution in [1.29, 1.82) is 0 Å². The van der Waals surface area contributed by atoms with Crippen molar-refractivity contribution in [2.45, 2.75) is 224 Å². The molecule has 0 amide bonds. The SMILES string of the molecule is C/C=C(\C)C(=O)O[C@H]1[C@H](OC(C)=O)[C@@]2(CO)C(CC1(C)C)C1=CCC3[C@@]4(C)CC[C@@H](O[C@@H]5O[C@H](C(=O)O)[C@@H](O[C@@H]6O[C@H](CO)[C@@H](O)[C@H](O)[C@H]6O)[C@H](O)[C@H]5O[C@@H]5O[C@H](CO)[C@@H](O)[C@H](O)[C@H]5O)[C@](C)(CO)C4CC[C@@]3(C)[C@]1(C)C[C@H]2O. The van der Waals surface area contributed by atoms with Crippen molar-refractivity contribution in [2.24, 2.45) is 50.2 Å². The summed E-state index contributed by atoms with van der Waals surface area (Å²) in [5, 5.41) is 143. The monoisotopic (exact) mass is 1130 g/mol. The minimum Gasteiger partial charge on any atom is -0.479 e. The molecule has 4 saturated carbocycles. The maximum Gasteiger partial charge on any atom is 0.335 e. The minimum atomic E-state index is -2.18. The fourth-order valence-electron chi connectivity index (χ4n) is 16.2. The number of carbonyl (C=O) groups is 3. The lowest BCUT2D eigenvalue weighted by molar-refractivity contribution is -0.392. The molecule has 8 rings (SSSR count). The minimum absolute atomic E-state index is 0.0849. The Hall–Kier alpha value is -2.83. The van der Waals surface area contributed by atoms with Crippen molar-refractivity contribution in [2.75, 3.05) is 26.4 Å². The van der Waals surface area contributed by atoms with E-state index in [0.717, 1.165) is 5.57 Å². The summed E-state index contributed by atoms with van der Waals surface area (Å²) in [5.74, 6) is -3.88. The summed E-state index contributed by atoms with van der Waals surface area (Å²) in [6, 6.07) is 0. The second-order valence-electron chi connectivity index (χ2n) is 25.5. The third-order valence-electron chi connectivity index (χ3n) is 21.1. The molecule has 3 heterocycles. The zero-order chi connectivity index (χ0) is 58.4. The largest absolute Gasteiger partial charge is 0.479 e. The Labute approximate surface area is 459 Å². The van der Waals surface area contributed by atoms with Gasteiger partial charge in [0.15, 0.2) is 25.0 Å². The van der Waals surface area contributed by atoms with Crippen LogP contribution < -0.4 is 0 Å². The van der Waals surface area contributed by atoms with Crippen LogP contribution in [0, 0.1) is 50.2 Å². The molecule has 0 aromatic heterocycles. The molecule has 24 heteroatoms. The second kappa shape index (κ2) is 22.6. The molecular formula is C55H86O24. The van der Waals surface area contributed by atoms with Gasteiger partial charge in [-0.3, -0.25) is 4.79 Å². The first-order chi connectivity index (χ1) is 36.9. The third-order valence-corrected chi connectivity index (χ3v) is 21.1. The summed E-state index contributed by atoms with van der Waals surface area (Å²) >= 11 is 0. The van der Waals surface area contributed by atoms with Crippen LogP contribution in [0.1, 0.15) is 107 Å². The predicted octanol–water partition coefficient (Wildman–Crippen LogP) is -1.32. The maximum atomic E-state index is 13.4. The number of carboxylic acid groups (broad SMARTS) is 1. The highest BCUT2D eigenvalue weighted by molar-refractivity contribution is 5.87. The fourth-order valence-corrected chi connectivity index (χ4v) is 16.2. The van der Waals surface area contributed by atoms with Crippen LogP contribution in [-0.4, -0.2) is 227 Å². The van der Waals surface area contributed by atoms with Crippen molar-refractivity contribution in [3.63, 3.8) is 0 Å². The normalized spacial score (nSPS) is 50.6. The second-order valence-corrected chi connectivity index (χ2v) is 25.5. The van der Waals surface area contributed by atoms with Gasteiger partial charge in [0.25, 0.3) is 0 Å². The van der Waals surface area contributed by atoms with Gasteiger partial charge in [-0.2, -0.15) is 0 Å². The van der Waals surface area contributed by atoms with E-state index in [1.165, 1.54) is 6.92 Å². The van der Waals surface area contributed by atoms with Gasteiger partial charge in [0.1, 0.15) is 79.4 Å². The van der Waals surface area contributed by atoms with E-state index in [4.69, 9.17) is 37.9 Å². The van der Waals surface area contributed by atoms with E-state index in [9.17, 15) is 80.8 Å². The zero-order valence-corrected chi connectivity index (χ0v) is 46.4. The highest BCUT2D eigenvalue weighted by atomic mass is 16.8. The predicted molar refractivity (Wildman–Crippen MR) is 269 cm³/mol. The molecule has 0 aromatic rings. The molecule has 8 aliphatic rings. The number of ether oxygens (including phenoxy) is 8. The van der Waals surface area contributed by atoms with Gasteiger partial charge in [-0.1, -0.05) is 59.3 Å². The van der Waals surface area contributed by atoms with Gasteiger partial charge in [0.2, 0.25) is 0 Å². The van der Waals surface area contributed by atoms with Gasteiger partial charge < -0.3 is 104 Å². The molecule has 0 spiro atoms. The van der Waals surface area contributed by atoms with E-state index < -0.39 is 199 Å². The Kier molecular flexibility index (Phi) is 17.8. The Morgan fingerprint density at radius 3 is 1.76 bits per heavy atom. The van der Waals surface area contributed by atoms with Gasteiger partial charge in [0, 0.05) is 23.3 Å². The smallest absolute Gasteiger partial charge is 0.335 e. The number of aliphatic hydroxyl groups excluding tert-OH is 12. The lowest BCUT2D eigenvalue weighted by atomic mass is 9.33. The van der Waals surface area contributed by atoms with Crippen molar-refractivity contribution in [1.82, 2.24) is 0 Å². The molecule has 13 N–H and O–H groups in total. The Morgan fingerprint density at radius 2 is 1.24 bits per heavy atom. The summed E-state index contributed by atoms with van der Waals surface area (Å²) in [4.78, 5) is 39.5. The molecule has 0 radical (unpaired) electrons. The lowest BCUT2D eigenvalue weighted by Crippen LogP contribution is -2.72. The van der Waals surface area contributed by atoms with E-state index in [0.29, 0.717) is 37.7 Å². The van der Waals surface area contributed by atoms with Crippen molar-refractivity contribution in [3.05, 3.63) is 23.3 Å². The Balaban J connectivity index is 1.12. The van der Waals surface area contributed by atoms with Crippen LogP contribution in [0.25, 0.3) is 0 Å². The number of carbonyl (C=O) groups excluding carboxylic acids is 2. The van der Waals surface area contributed by atoms with Gasteiger partial charge in [0.05, 0.1) is 44.1 Å². The maximum absolute atomic E-state index is 13.4. The number of allylic oxidation sites excluding steroid dienone is 3. The number of aliphatic carboxylic acids is 1. The van der Waals surface area contributed by atoms with Crippen molar-refractivity contribution >= 4 is 17.9 Å². The number of carboxylic acids is 1. The highest BCUT2D eigenvalue weighted by Crippen LogP contribution is 2.76. The quantitative estimate of drug-likeness (QED) is 0.0415. The van der Waals surface area contributed by atoms with Crippen molar-refractivity contribution < 1.29 is 119 Å². The first-order valence-electron chi connectivity index (χ1n) is 27.7. The summed E-state index contributed by atoms with van der Waals surface area (Å²) in [6.45, 7) is 14.1. The lowest BCUT2D eigenvalue weighted by Gasteiger charge is -2.72. The van der Waals surface area contributed by atoms with E-state index in [1.54, 1.807) is 19.9 Å². The van der Waals surface area contributed by atoms with E-state index in [1.807, 2.05) is 20.8 Å². The number of hydrogen-bond donors (Lipinski definition) is 13. The van der Waals surface area contributed by atoms with E-state index in [2.05, 4.69) is 26.8 Å². The number of aliphatic hydroxyl groups is 12. The first-order valence-corrected chi connectivity index (χ1v) is 27.7. The molecule has 5 aliphatic carbocycles. The van der Waals surface area contributed by atoms with Crippen LogP contribution in [0.4, 0.5) is 0 Å². The molecule has 7 fully saturated rings. The highest BCUT2D eigenvalue weighted by Gasteiger charge is 2.74. The van der Waals surface area contributed by atoms with Crippen LogP contribution in [0.3, 0.4) is 0 Å². The van der Waals surface area contributed by atoms with Crippen LogP contribution in [-0.2, 0) is 52.3 Å². The molecular weight excluding hydrogens is 1040 g/mol. The fraction of sp³-hybridized carbons (Fsp3) is 0.873. The number of rotatable bonds is 14. The first kappa shape index (κ1) is 62.2. The van der Waals surface area contributed by atoms with Crippen LogP contribution in [0.5, 0.6) is 0 Å². The summed E-state index contributed by atoms with van der Waals surface area (Å²) in [6.07, 6.45) is -26.5. The van der Waals surface area contributed by atoms with Crippen LogP contribution in [0.15, 0.2) is 23.3 Å². The van der Waals surface area contributed by atoms with Crippen LogP contribution >= 0.6 is 0 Å². The molecule has 3 aliphatic heterocycles. The Bertz CT molecular complexity index is 2290. The molecule has 79 heavy (non-hydrogen) atoms. The molecule has 3 saturated heterocycles. The van der Waals surface area contributed by atoms with Gasteiger partial charge >= 0.3 is 17.9 Å². The number of hydrogen-bond acceptors (Lipinski definition) is 23. The molecule has 0 aromatic carbocycles. The van der Waals surface area contributed by atoms with Gasteiger partial charge in [-0.15, -0.1) is 0 Å². The summed E-state index contributed by atoms with van der Waals surface area (Å²) in [5.41, 5.74) is -3.78. The molecule has 27 atom stereocenters. The zero-order valence-electron chi connectivity index (χ0n) is 46.4. The topological polar surface area (TPSA) is 388 Å². The molecule has 24 nitrogen and oxygen atoms in total. The van der Waals surface area contributed by atoms with Gasteiger partial charge in [-0.05, 0) is 92.8 Å². The van der Waals surface area contributed by atoms with Crippen molar-refractivity contribution in [3.8, 4) is 0 Å². The standard InChI is InChI=1S/C55H86O24/c1-10-23(2)46(71)79-43-44(72-24(3)60)55(22-59)26(17-50(43,4)5)25-11-12-30-51(6)15-14-32(52(7,21-58)29(51)13-16-53(30,8)54(25,9)18-31(55)61)75-49-41(77-48-38(67)36(65)34(63)28(20-57)74-48)39(68)40(42(78-49)45(69)70)76-47-37(66)35(64)33(62)27(19-56)73-47/h10-11,26-44,47-49,56-59,61-68H,12-22H2,1-9H3,(H,69,70)/b23-10+/t26?,27-,28-,29?,30?,31-,32-,33-,34-,35+,36+,37-,38-,39+,40+,41-,42+,43+,44+,47+,48+,49-,51+,52-,53-,54-,55+/m1/s1. The van der Waals surface area contributed by atoms with Crippen LogP contribution in [0.2, 0.25) is 0 Å². The van der Waals surface area contributed by atoms with Gasteiger partial charge in [-0.25, -0.2) is 9.59 Å².